The van der Waals surface area contributed by atoms with Crippen LogP contribution < -0.4 is 5.32 Å². The molecule has 0 bridgehead atoms. The number of anilines is 1. The van der Waals surface area contributed by atoms with Gasteiger partial charge in [0.25, 0.3) is 0 Å². The van der Waals surface area contributed by atoms with Gasteiger partial charge >= 0.3 is 0 Å². The van der Waals surface area contributed by atoms with Crippen molar-refractivity contribution in [3.05, 3.63) is 42.0 Å². The van der Waals surface area contributed by atoms with Crippen molar-refractivity contribution < 1.29 is 0 Å². The Labute approximate surface area is 104 Å². The van der Waals surface area contributed by atoms with Crippen LogP contribution in [0.2, 0.25) is 0 Å². The zero-order valence-corrected chi connectivity index (χ0v) is 10.7. The molecule has 1 saturated carbocycles. The van der Waals surface area contributed by atoms with E-state index in [4.69, 9.17) is 0 Å². The highest BCUT2D eigenvalue weighted by molar-refractivity contribution is 5.47. The van der Waals surface area contributed by atoms with Crippen LogP contribution in [-0.2, 0) is 0 Å². The third-order valence-electron chi connectivity index (χ3n) is 4.29. The summed E-state index contributed by atoms with van der Waals surface area (Å²) in [5.41, 5.74) is 2.70. The molecule has 1 N–H and O–H groups in total. The van der Waals surface area contributed by atoms with E-state index in [1.807, 2.05) is 0 Å². The molecule has 1 aromatic carbocycles. The van der Waals surface area contributed by atoms with Crippen LogP contribution in [0, 0.1) is 11.8 Å². The second kappa shape index (κ2) is 4.21. The zero-order chi connectivity index (χ0) is 11.8. The van der Waals surface area contributed by atoms with Gasteiger partial charge in [-0.3, -0.25) is 0 Å². The molecule has 0 radical (unpaired) electrons. The first-order valence-corrected chi connectivity index (χ1v) is 6.77. The summed E-state index contributed by atoms with van der Waals surface area (Å²) in [5, 5.41) is 3.66. The van der Waals surface area contributed by atoms with Crippen LogP contribution in [0.5, 0.6) is 0 Å². The lowest BCUT2D eigenvalue weighted by Crippen LogP contribution is -2.43. The van der Waals surface area contributed by atoms with E-state index < -0.39 is 0 Å². The van der Waals surface area contributed by atoms with Crippen LogP contribution in [0.1, 0.15) is 38.2 Å². The fourth-order valence-electron chi connectivity index (χ4n) is 3.06. The average molecular weight is 227 g/mol. The lowest BCUT2D eigenvalue weighted by atomic mass is 9.71. The van der Waals surface area contributed by atoms with E-state index in [1.165, 1.54) is 24.1 Å². The Morgan fingerprint density at radius 3 is 2.59 bits per heavy atom. The zero-order valence-electron chi connectivity index (χ0n) is 10.7. The number of allylic oxidation sites excluding steroid dienone is 1. The number of rotatable bonds is 3. The summed E-state index contributed by atoms with van der Waals surface area (Å²) in [6.45, 7) is 4.48. The van der Waals surface area contributed by atoms with Crippen LogP contribution >= 0.6 is 0 Å². The molecule has 90 valence electrons. The minimum atomic E-state index is 0.620. The Kier molecular flexibility index (Phi) is 2.70. The molecule has 3 atom stereocenters. The van der Waals surface area contributed by atoms with Crippen molar-refractivity contribution in [2.45, 2.75) is 38.6 Å². The predicted octanol–water partition coefficient (Wildman–Crippen LogP) is 4.19. The van der Waals surface area contributed by atoms with E-state index in [1.54, 1.807) is 0 Å². The number of hydrogen-bond acceptors (Lipinski definition) is 1. The predicted molar refractivity (Wildman–Crippen MR) is 73.3 cm³/mol. The van der Waals surface area contributed by atoms with Crippen molar-refractivity contribution in [3.8, 4) is 0 Å². The van der Waals surface area contributed by atoms with Gasteiger partial charge in [-0.1, -0.05) is 38.1 Å². The molecule has 17 heavy (non-hydrogen) atoms. The molecule has 1 nitrogen and oxygen atoms in total. The Balaban J connectivity index is 1.64. The molecule has 2 aliphatic carbocycles. The second-order valence-electron chi connectivity index (χ2n) is 5.76. The summed E-state index contributed by atoms with van der Waals surface area (Å²) in [4.78, 5) is 0. The molecule has 0 spiro atoms. The first-order valence-electron chi connectivity index (χ1n) is 6.77. The van der Waals surface area contributed by atoms with Gasteiger partial charge in [0.2, 0.25) is 0 Å². The molecular formula is C16H21N. The SMILES string of the molecule is CC(C)c1ccc(NC2CC3CC=CC32)cc1. The second-order valence-corrected chi connectivity index (χ2v) is 5.76. The number of nitrogens with one attached hydrogen (secondary N) is 1. The first kappa shape index (κ1) is 10.9. The van der Waals surface area contributed by atoms with Crippen molar-refractivity contribution in [1.29, 1.82) is 0 Å². The Morgan fingerprint density at radius 1 is 1.18 bits per heavy atom. The molecule has 0 saturated heterocycles. The molecular weight excluding hydrogens is 206 g/mol. The van der Waals surface area contributed by atoms with E-state index in [-0.39, 0.29) is 0 Å². The molecule has 0 aliphatic heterocycles. The van der Waals surface area contributed by atoms with E-state index in [0.29, 0.717) is 12.0 Å². The lowest BCUT2D eigenvalue weighted by Gasteiger charge is -2.41. The fraction of sp³-hybridized carbons (Fsp3) is 0.500. The van der Waals surface area contributed by atoms with E-state index in [2.05, 4.69) is 55.6 Å². The van der Waals surface area contributed by atoms with Crippen LogP contribution in [0.15, 0.2) is 36.4 Å². The highest BCUT2D eigenvalue weighted by Gasteiger charge is 2.40. The Hall–Kier alpha value is -1.24. The summed E-state index contributed by atoms with van der Waals surface area (Å²) >= 11 is 0. The van der Waals surface area contributed by atoms with Crippen LogP contribution in [-0.4, -0.2) is 6.04 Å². The largest absolute Gasteiger partial charge is 0.382 e. The third kappa shape index (κ3) is 1.99. The van der Waals surface area contributed by atoms with Crippen molar-refractivity contribution in [3.63, 3.8) is 0 Å². The molecule has 0 heterocycles. The van der Waals surface area contributed by atoms with Crippen LogP contribution in [0.3, 0.4) is 0 Å². The highest BCUT2D eigenvalue weighted by Crippen LogP contribution is 2.44. The topological polar surface area (TPSA) is 12.0 Å². The van der Waals surface area contributed by atoms with Gasteiger partial charge < -0.3 is 5.32 Å². The third-order valence-corrected chi connectivity index (χ3v) is 4.29. The average Bonchev–Trinajstić information content (AvgIpc) is 2.68. The van der Waals surface area contributed by atoms with E-state index in [9.17, 15) is 0 Å². The molecule has 3 rings (SSSR count). The molecule has 3 unspecified atom stereocenters. The van der Waals surface area contributed by atoms with Crippen molar-refractivity contribution in [1.82, 2.24) is 0 Å². The summed E-state index contributed by atoms with van der Waals surface area (Å²) in [6, 6.07) is 9.60. The van der Waals surface area contributed by atoms with Gasteiger partial charge in [0.05, 0.1) is 0 Å². The maximum Gasteiger partial charge on any atom is 0.0342 e. The van der Waals surface area contributed by atoms with Gasteiger partial charge in [-0.2, -0.15) is 0 Å². The highest BCUT2D eigenvalue weighted by atomic mass is 14.9. The summed E-state index contributed by atoms with van der Waals surface area (Å²) in [7, 11) is 0. The monoisotopic (exact) mass is 227 g/mol. The number of hydrogen-bond donors (Lipinski definition) is 1. The van der Waals surface area contributed by atoms with Gasteiger partial charge in [0.1, 0.15) is 0 Å². The van der Waals surface area contributed by atoms with Gasteiger partial charge in [0, 0.05) is 17.6 Å². The Morgan fingerprint density at radius 2 is 1.94 bits per heavy atom. The van der Waals surface area contributed by atoms with Crippen LogP contribution in [0.4, 0.5) is 5.69 Å². The Bertz CT molecular complexity index is 416. The van der Waals surface area contributed by atoms with Gasteiger partial charge in [0.15, 0.2) is 0 Å². The molecule has 2 aliphatic rings. The molecule has 1 aromatic rings. The lowest BCUT2D eigenvalue weighted by molar-refractivity contribution is 0.218. The molecule has 0 amide bonds. The number of benzene rings is 1. The van der Waals surface area contributed by atoms with Crippen molar-refractivity contribution >= 4 is 5.69 Å². The van der Waals surface area contributed by atoms with Crippen molar-refractivity contribution in [2.24, 2.45) is 11.8 Å². The first-order chi connectivity index (χ1) is 8.24. The van der Waals surface area contributed by atoms with Gasteiger partial charge in [-0.05, 0) is 42.4 Å². The molecule has 1 heteroatoms. The van der Waals surface area contributed by atoms with Crippen LogP contribution in [0.25, 0.3) is 0 Å². The quantitative estimate of drug-likeness (QED) is 0.764. The normalized spacial score (nSPS) is 30.2. The van der Waals surface area contributed by atoms with E-state index in [0.717, 1.165) is 11.8 Å². The molecule has 0 aromatic heterocycles. The number of fused-ring (bicyclic) bond motifs is 1. The van der Waals surface area contributed by atoms with Crippen molar-refractivity contribution in [2.75, 3.05) is 5.32 Å². The van der Waals surface area contributed by atoms with E-state index >= 15 is 0 Å². The standard InChI is InChI=1S/C16H21N/c1-11(2)12-6-8-14(9-7-12)17-16-10-13-4-3-5-15(13)16/h3,5-9,11,13,15-17H,4,10H2,1-2H3. The summed E-state index contributed by atoms with van der Waals surface area (Å²) in [5.74, 6) is 2.34. The smallest absolute Gasteiger partial charge is 0.0342 e. The minimum absolute atomic E-state index is 0.620. The molecule has 1 fully saturated rings. The minimum Gasteiger partial charge on any atom is -0.382 e. The van der Waals surface area contributed by atoms with Gasteiger partial charge in [-0.25, -0.2) is 0 Å². The van der Waals surface area contributed by atoms with Gasteiger partial charge in [-0.15, -0.1) is 0 Å². The maximum atomic E-state index is 3.66. The fourth-order valence-corrected chi connectivity index (χ4v) is 3.06. The summed E-state index contributed by atoms with van der Waals surface area (Å²) < 4.78 is 0. The maximum absolute atomic E-state index is 3.66. The summed E-state index contributed by atoms with van der Waals surface area (Å²) in [6.07, 6.45) is 7.38.